The quantitative estimate of drug-likeness (QED) is 0.884. The van der Waals surface area contributed by atoms with Crippen LogP contribution in [0.5, 0.6) is 0 Å². The molecule has 2 rings (SSSR count). The number of hydrogen-bond donors (Lipinski definition) is 2. The molecule has 0 bridgehead atoms. The summed E-state index contributed by atoms with van der Waals surface area (Å²) in [7, 11) is 0. The molecule has 2 aromatic carbocycles. The highest BCUT2D eigenvalue weighted by Gasteiger charge is 2.14. The summed E-state index contributed by atoms with van der Waals surface area (Å²) in [6.07, 6.45) is 0. The average Bonchev–Trinajstić information content (AvgIpc) is 2.45. The minimum Gasteiger partial charge on any atom is -0.385 e. The molecule has 1 amide bonds. The van der Waals surface area contributed by atoms with E-state index in [0.717, 1.165) is 18.2 Å². The highest BCUT2D eigenvalue weighted by atomic mass is 35.5. The molecule has 21 heavy (non-hydrogen) atoms. The zero-order valence-corrected chi connectivity index (χ0v) is 12.0. The molecule has 0 heterocycles. The lowest BCUT2D eigenvalue weighted by atomic mass is 10.1. The summed E-state index contributed by atoms with van der Waals surface area (Å²) in [6, 6.07) is 7.61. The van der Waals surface area contributed by atoms with Crippen LogP contribution in [0.25, 0.3) is 0 Å². The van der Waals surface area contributed by atoms with E-state index in [2.05, 4.69) is 10.6 Å². The summed E-state index contributed by atoms with van der Waals surface area (Å²) in [4.78, 5) is 12.2. The first-order valence-corrected chi connectivity index (χ1v) is 6.69. The van der Waals surface area contributed by atoms with Gasteiger partial charge < -0.3 is 10.6 Å². The SMILES string of the molecule is CCNc1ccc(Cl)cc1C(=O)Nc1cc(F)ccc1F. The van der Waals surface area contributed by atoms with Gasteiger partial charge in [-0.05, 0) is 37.3 Å². The molecule has 0 saturated heterocycles. The fourth-order valence-corrected chi connectivity index (χ4v) is 2.00. The highest BCUT2D eigenvalue weighted by molar-refractivity contribution is 6.31. The Labute approximate surface area is 125 Å². The normalized spacial score (nSPS) is 10.3. The third-order valence-corrected chi connectivity index (χ3v) is 3.01. The number of rotatable bonds is 4. The van der Waals surface area contributed by atoms with Crippen molar-refractivity contribution in [2.45, 2.75) is 6.92 Å². The van der Waals surface area contributed by atoms with Crippen LogP contribution in [0.2, 0.25) is 5.02 Å². The molecule has 0 spiro atoms. The first-order chi connectivity index (χ1) is 10.0. The predicted molar refractivity (Wildman–Crippen MR) is 79.9 cm³/mol. The molecule has 2 N–H and O–H groups in total. The number of amides is 1. The Balaban J connectivity index is 2.31. The Morgan fingerprint density at radius 1 is 1.14 bits per heavy atom. The van der Waals surface area contributed by atoms with E-state index in [9.17, 15) is 13.6 Å². The van der Waals surface area contributed by atoms with Gasteiger partial charge in [0.15, 0.2) is 0 Å². The number of anilines is 2. The predicted octanol–water partition coefficient (Wildman–Crippen LogP) is 4.30. The monoisotopic (exact) mass is 310 g/mol. The zero-order valence-electron chi connectivity index (χ0n) is 11.2. The van der Waals surface area contributed by atoms with Gasteiger partial charge in [-0.1, -0.05) is 11.6 Å². The summed E-state index contributed by atoms with van der Waals surface area (Å²) >= 11 is 5.88. The lowest BCUT2D eigenvalue weighted by Gasteiger charge is -2.12. The van der Waals surface area contributed by atoms with Gasteiger partial charge in [0.2, 0.25) is 0 Å². The van der Waals surface area contributed by atoms with Crippen LogP contribution in [-0.2, 0) is 0 Å². The van der Waals surface area contributed by atoms with Crippen molar-refractivity contribution >= 4 is 28.9 Å². The summed E-state index contributed by atoms with van der Waals surface area (Å²) in [5.74, 6) is -1.92. The van der Waals surface area contributed by atoms with Crippen LogP contribution >= 0.6 is 11.6 Å². The van der Waals surface area contributed by atoms with Crippen LogP contribution in [0.15, 0.2) is 36.4 Å². The van der Waals surface area contributed by atoms with E-state index >= 15 is 0 Å². The van der Waals surface area contributed by atoms with Gasteiger partial charge >= 0.3 is 0 Å². The number of carbonyl (C=O) groups is 1. The van der Waals surface area contributed by atoms with Crippen molar-refractivity contribution in [3.8, 4) is 0 Å². The second-order valence-electron chi connectivity index (χ2n) is 4.30. The van der Waals surface area contributed by atoms with Gasteiger partial charge in [0.05, 0.1) is 11.3 Å². The minimum absolute atomic E-state index is 0.220. The molecule has 0 unspecified atom stereocenters. The molecule has 0 aliphatic carbocycles. The van der Waals surface area contributed by atoms with E-state index in [1.807, 2.05) is 6.92 Å². The second-order valence-corrected chi connectivity index (χ2v) is 4.73. The van der Waals surface area contributed by atoms with Crippen LogP contribution in [0.4, 0.5) is 20.2 Å². The summed E-state index contributed by atoms with van der Waals surface area (Å²) < 4.78 is 26.7. The third-order valence-electron chi connectivity index (χ3n) is 2.77. The molecule has 0 atom stereocenters. The number of hydrogen-bond acceptors (Lipinski definition) is 2. The minimum atomic E-state index is -0.711. The molecular weight excluding hydrogens is 298 g/mol. The topological polar surface area (TPSA) is 41.1 Å². The smallest absolute Gasteiger partial charge is 0.257 e. The summed E-state index contributed by atoms with van der Waals surface area (Å²) in [5, 5.41) is 5.73. The third kappa shape index (κ3) is 3.70. The first-order valence-electron chi connectivity index (χ1n) is 6.31. The van der Waals surface area contributed by atoms with Crippen molar-refractivity contribution in [2.24, 2.45) is 0 Å². The lowest BCUT2D eigenvalue weighted by molar-refractivity contribution is 0.102. The van der Waals surface area contributed by atoms with Crippen molar-refractivity contribution < 1.29 is 13.6 Å². The van der Waals surface area contributed by atoms with Crippen LogP contribution in [0, 0.1) is 11.6 Å². The van der Waals surface area contributed by atoms with E-state index in [1.165, 1.54) is 6.07 Å². The second kappa shape index (κ2) is 6.54. The lowest BCUT2D eigenvalue weighted by Crippen LogP contribution is -2.16. The van der Waals surface area contributed by atoms with Gasteiger partial charge in [-0.3, -0.25) is 4.79 Å². The Morgan fingerprint density at radius 2 is 1.90 bits per heavy atom. The highest BCUT2D eigenvalue weighted by Crippen LogP contribution is 2.23. The van der Waals surface area contributed by atoms with E-state index in [1.54, 1.807) is 12.1 Å². The van der Waals surface area contributed by atoms with E-state index in [4.69, 9.17) is 11.6 Å². The molecular formula is C15H13ClF2N2O. The molecule has 0 radical (unpaired) electrons. The molecule has 2 aromatic rings. The first kappa shape index (κ1) is 15.3. The maximum Gasteiger partial charge on any atom is 0.257 e. The Kier molecular flexibility index (Phi) is 4.75. The molecule has 6 heteroatoms. The van der Waals surface area contributed by atoms with Crippen molar-refractivity contribution in [1.29, 1.82) is 0 Å². The van der Waals surface area contributed by atoms with E-state index < -0.39 is 17.5 Å². The van der Waals surface area contributed by atoms with Crippen LogP contribution in [0.3, 0.4) is 0 Å². The van der Waals surface area contributed by atoms with Gasteiger partial charge in [0.25, 0.3) is 5.91 Å². The molecule has 3 nitrogen and oxygen atoms in total. The maximum atomic E-state index is 13.6. The molecule has 0 aliphatic rings. The number of halogens is 3. The van der Waals surface area contributed by atoms with Gasteiger partial charge in [-0.2, -0.15) is 0 Å². The molecule has 0 aromatic heterocycles. The number of nitrogens with one attached hydrogen (secondary N) is 2. The van der Waals surface area contributed by atoms with Crippen LogP contribution < -0.4 is 10.6 Å². The summed E-state index contributed by atoms with van der Waals surface area (Å²) in [5.41, 5.74) is 0.603. The van der Waals surface area contributed by atoms with E-state index in [0.29, 0.717) is 17.3 Å². The number of benzene rings is 2. The van der Waals surface area contributed by atoms with Crippen LogP contribution in [-0.4, -0.2) is 12.5 Å². The summed E-state index contributed by atoms with van der Waals surface area (Å²) in [6.45, 7) is 2.48. The standard InChI is InChI=1S/C15H13ClF2N2O/c1-2-19-13-6-3-9(16)7-11(13)15(21)20-14-8-10(17)4-5-12(14)18/h3-8,19H,2H2,1H3,(H,20,21). The Bertz CT molecular complexity index is 677. The maximum absolute atomic E-state index is 13.6. The molecule has 0 aliphatic heterocycles. The van der Waals surface area contributed by atoms with Gasteiger partial charge in [0, 0.05) is 23.3 Å². The fraction of sp³-hybridized carbons (Fsp3) is 0.133. The van der Waals surface area contributed by atoms with E-state index in [-0.39, 0.29) is 11.3 Å². The number of carbonyl (C=O) groups excluding carboxylic acids is 1. The molecule has 0 saturated carbocycles. The van der Waals surface area contributed by atoms with Gasteiger partial charge in [-0.15, -0.1) is 0 Å². The van der Waals surface area contributed by atoms with Crippen LogP contribution in [0.1, 0.15) is 17.3 Å². The van der Waals surface area contributed by atoms with Crippen molar-refractivity contribution in [3.63, 3.8) is 0 Å². The van der Waals surface area contributed by atoms with Crippen molar-refractivity contribution in [2.75, 3.05) is 17.2 Å². The molecule has 110 valence electrons. The molecule has 0 fully saturated rings. The zero-order chi connectivity index (χ0) is 15.4. The average molecular weight is 311 g/mol. The van der Waals surface area contributed by atoms with Gasteiger partial charge in [0.1, 0.15) is 11.6 Å². The van der Waals surface area contributed by atoms with Crippen molar-refractivity contribution in [3.05, 3.63) is 58.6 Å². The van der Waals surface area contributed by atoms with Crippen molar-refractivity contribution in [1.82, 2.24) is 0 Å². The van der Waals surface area contributed by atoms with Gasteiger partial charge in [-0.25, -0.2) is 8.78 Å². The Morgan fingerprint density at radius 3 is 2.62 bits per heavy atom. The largest absolute Gasteiger partial charge is 0.385 e. The fourth-order valence-electron chi connectivity index (χ4n) is 1.83. The Hall–Kier alpha value is -2.14.